The molecular formula is C11H19NO5. The van der Waals surface area contributed by atoms with Crippen LogP contribution in [0.5, 0.6) is 0 Å². The van der Waals surface area contributed by atoms with Crippen molar-refractivity contribution in [2.75, 3.05) is 13.2 Å². The van der Waals surface area contributed by atoms with Crippen LogP contribution in [0, 0.1) is 17.8 Å². The van der Waals surface area contributed by atoms with Crippen molar-refractivity contribution in [2.45, 2.75) is 25.9 Å². The van der Waals surface area contributed by atoms with Gasteiger partial charge in [0.15, 0.2) is 0 Å². The van der Waals surface area contributed by atoms with Crippen LogP contribution in [0.25, 0.3) is 0 Å². The molecule has 0 spiro atoms. The van der Waals surface area contributed by atoms with Crippen LogP contribution in [0.15, 0.2) is 0 Å². The molecule has 0 radical (unpaired) electrons. The van der Waals surface area contributed by atoms with Gasteiger partial charge in [0.2, 0.25) is 5.91 Å². The molecule has 1 fully saturated rings. The Bertz CT molecular complexity index is 294. The Morgan fingerprint density at radius 2 is 1.94 bits per heavy atom. The van der Waals surface area contributed by atoms with E-state index in [1.54, 1.807) is 0 Å². The first-order valence-electron chi connectivity index (χ1n) is 5.75. The number of carboxylic acid groups (broad SMARTS) is 1. The molecule has 0 aromatic heterocycles. The number of carbonyl (C=O) groups excluding carboxylic acids is 1. The van der Waals surface area contributed by atoms with E-state index in [2.05, 4.69) is 5.32 Å². The fourth-order valence-corrected chi connectivity index (χ4v) is 2.27. The third kappa shape index (κ3) is 3.67. The maximum Gasteiger partial charge on any atom is 0.307 e. The molecule has 0 heterocycles. The second-order valence-electron chi connectivity index (χ2n) is 4.71. The van der Waals surface area contributed by atoms with Gasteiger partial charge >= 0.3 is 5.97 Å². The van der Waals surface area contributed by atoms with Gasteiger partial charge in [-0.3, -0.25) is 9.59 Å². The molecule has 6 nitrogen and oxygen atoms in total. The normalized spacial score (nSPS) is 29.9. The summed E-state index contributed by atoms with van der Waals surface area (Å²) in [6, 6.07) is 0. The fourth-order valence-electron chi connectivity index (χ4n) is 2.27. The van der Waals surface area contributed by atoms with Crippen LogP contribution in [0.2, 0.25) is 0 Å². The maximum absolute atomic E-state index is 11.8. The molecule has 6 heteroatoms. The lowest BCUT2D eigenvalue weighted by atomic mass is 9.95. The number of aliphatic hydroxyl groups is 2. The van der Waals surface area contributed by atoms with Crippen molar-refractivity contribution in [3.63, 3.8) is 0 Å². The highest BCUT2D eigenvalue weighted by atomic mass is 16.4. The minimum absolute atomic E-state index is 0.0491. The summed E-state index contributed by atoms with van der Waals surface area (Å²) in [4.78, 5) is 22.7. The Morgan fingerprint density at radius 1 is 1.35 bits per heavy atom. The van der Waals surface area contributed by atoms with E-state index in [1.165, 1.54) is 0 Å². The number of hydrogen-bond acceptors (Lipinski definition) is 4. The molecule has 98 valence electrons. The van der Waals surface area contributed by atoms with Crippen LogP contribution in [-0.4, -0.2) is 46.5 Å². The minimum atomic E-state index is -0.999. The van der Waals surface area contributed by atoms with Crippen LogP contribution >= 0.6 is 0 Å². The Hall–Kier alpha value is -1.14. The van der Waals surface area contributed by atoms with Crippen molar-refractivity contribution >= 4 is 11.9 Å². The predicted octanol–water partition coefficient (Wildman–Crippen LogP) is -0.797. The molecule has 0 saturated heterocycles. The summed E-state index contributed by atoms with van der Waals surface area (Å²) in [6.45, 7) is 1.45. The smallest absolute Gasteiger partial charge is 0.307 e. The van der Waals surface area contributed by atoms with E-state index < -0.39 is 30.5 Å². The monoisotopic (exact) mass is 245 g/mol. The summed E-state index contributed by atoms with van der Waals surface area (Å²) in [5, 5.41) is 29.2. The van der Waals surface area contributed by atoms with Crippen LogP contribution in [0.4, 0.5) is 0 Å². The van der Waals surface area contributed by atoms with Crippen LogP contribution in [0.3, 0.4) is 0 Å². The molecule has 0 bridgehead atoms. The number of carboxylic acids is 1. The van der Waals surface area contributed by atoms with Gasteiger partial charge in [-0.25, -0.2) is 0 Å². The lowest BCUT2D eigenvalue weighted by molar-refractivity contribution is -0.146. The Morgan fingerprint density at radius 3 is 2.47 bits per heavy atom. The van der Waals surface area contributed by atoms with Crippen molar-refractivity contribution in [1.82, 2.24) is 5.32 Å². The van der Waals surface area contributed by atoms with Gasteiger partial charge in [-0.15, -0.1) is 0 Å². The van der Waals surface area contributed by atoms with E-state index in [9.17, 15) is 9.59 Å². The molecule has 0 aromatic carbocycles. The van der Waals surface area contributed by atoms with E-state index >= 15 is 0 Å². The quantitative estimate of drug-likeness (QED) is 0.507. The lowest BCUT2D eigenvalue weighted by Gasteiger charge is -2.16. The lowest BCUT2D eigenvalue weighted by Crippen LogP contribution is -2.40. The maximum atomic E-state index is 11.8. The molecule has 1 rings (SSSR count). The first kappa shape index (κ1) is 13.9. The molecule has 0 aromatic rings. The third-order valence-electron chi connectivity index (χ3n) is 3.17. The van der Waals surface area contributed by atoms with Crippen molar-refractivity contribution in [2.24, 2.45) is 17.8 Å². The topological polar surface area (TPSA) is 107 Å². The molecular weight excluding hydrogens is 226 g/mol. The highest BCUT2D eigenvalue weighted by Crippen LogP contribution is 2.36. The SMILES string of the molecule is CC1C[C@H](C(=O)NCC(O)CO)[C@H](C(=O)O)C1. The average molecular weight is 245 g/mol. The zero-order valence-electron chi connectivity index (χ0n) is 9.80. The molecule has 1 aliphatic carbocycles. The average Bonchev–Trinajstić information content (AvgIpc) is 2.67. The number of hydrogen-bond donors (Lipinski definition) is 4. The van der Waals surface area contributed by atoms with Gasteiger partial charge in [-0.1, -0.05) is 6.92 Å². The summed E-state index contributed by atoms with van der Waals surface area (Å²) in [5.74, 6) is -2.26. The van der Waals surface area contributed by atoms with Gasteiger partial charge in [0.1, 0.15) is 0 Å². The molecule has 4 atom stereocenters. The number of aliphatic carboxylic acids is 1. The second-order valence-corrected chi connectivity index (χ2v) is 4.71. The fraction of sp³-hybridized carbons (Fsp3) is 0.818. The van der Waals surface area contributed by atoms with E-state index in [0.717, 1.165) is 0 Å². The zero-order valence-corrected chi connectivity index (χ0v) is 9.80. The zero-order chi connectivity index (χ0) is 13.0. The molecule has 1 aliphatic rings. The summed E-state index contributed by atoms with van der Waals surface area (Å²) < 4.78 is 0. The van der Waals surface area contributed by atoms with Crippen LogP contribution in [-0.2, 0) is 9.59 Å². The van der Waals surface area contributed by atoms with Gasteiger partial charge in [0.25, 0.3) is 0 Å². The van der Waals surface area contributed by atoms with Crippen LogP contribution in [0.1, 0.15) is 19.8 Å². The molecule has 4 N–H and O–H groups in total. The number of rotatable bonds is 5. The van der Waals surface area contributed by atoms with Crippen LogP contribution < -0.4 is 5.32 Å². The van der Waals surface area contributed by atoms with Gasteiger partial charge in [0.05, 0.1) is 24.5 Å². The summed E-state index contributed by atoms with van der Waals surface area (Å²) >= 11 is 0. The van der Waals surface area contributed by atoms with Gasteiger partial charge in [-0.05, 0) is 18.8 Å². The van der Waals surface area contributed by atoms with Crippen molar-refractivity contribution in [3.8, 4) is 0 Å². The molecule has 17 heavy (non-hydrogen) atoms. The first-order valence-corrected chi connectivity index (χ1v) is 5.75. The van der Waals surface area contributed by atoms with Gasteiger partial charge in [-0.2, -0.15) is 0 Å². The highest BCUT2D eigenvalue weighted by molar-refractivity contribution is 5.85. The van der Waals surface area contributed by atoms with E-state index in [0.29, 0.717) is 12.8 Å². The van der Waals surface area contributed by atoms with Crippen molar-refractivity contribution < 1.29 is 24.9 Å². The second kappa shape index (κ2) is 5.97. The summed E-state index contributed by atoms with van der Waals surface area (Å²) in [6.07, 6.45) is 0.0645. The minimum Gasteiger partial charge on any atom is -0.481 e. The largest absolute Gasteiger partial charge is 0.481 e. The van der Waals surface area contributed by atoms with Gasteiger partial charge < -0.3 is 20.6 Å². The highest BCUT2D eigenvalue weighted by Gasteiger charge is 2.41. The number of carbonyl (C=O) groups is 2. The summed E-state index contributed by atoms with van der Waals surface area (Å²) in [7, 11) is 0. The molecule has 1 saturated carbocycles. The first-order chi connectivity index (χ1) is 7.95. The molecule has 1 amide bonds. The Balaban J connectivity index is 2.52. The number of nitrogens with one attached hydrogen (secondary N) is 1. The molecule has 0 aliphatic heterocycles. The third-order valence-corrected chi connectivity index (χ3v) is 3.17. The number of amides is 1. The standard InChI is InChI=1S/C11H19NO5/c1-6-2-8(9(3-6)11(16)17)10(15)12-4-7(14)5-13/h6-9,13-14H,2-5H2,1H3,(H,12,15)(H,16,17)/t6?,7?,8-,9+/m0/s1. The van der Waals surface area contributed by atoms with Crippen molar-refractivity contribution in [1.29, 1.82) is 0 Å². The van der Waals surface area contributed by atoms with E-state index in [-0.39, 0.29) is 18.4 Å². The summed E-state index contributed by atoms with van der Waals surface area (Å²) in [5.41, 5.74) is 0. The van der Waals surface area contributed by atoms with Crippen molar-refractivity contribution in [3.05, 3.63) is 0 Å². The Kier molecular flexibility index (Phi) is 4.89. The van der Waals surface area contributed by atoms with E-state index in [4.69, 9.17) is 15.3 Å². The van der Waals surface area contributed by atoms with Gasteiger partial charge in [0, 0.05) is 6.54 Å². The number of aliphatic hydroxyl groups excluding tert-OH is 2. The molecule has 2 unspecified atom stereocenters. The predicted molar refractivity (Wildman–Crippen MR) is 59.1 cm³/mol. The van der Waals surface area contributed by atoms with E-state index in [1.807, 2.05) is 6.92 Å². The Labute approximate surface area is 99.6 Å².